The van der Waals surface area contributed by atoms with Crippen LogP contribution in [0.15, 0.2) is 131 Å². The smallest absolute Gasteiger partial charge is 0.377 e. The van der Waals surface area contributed by atoms with E-state index in [0.717, 1.165) is 60.7 Å². The van der Waals surface area contributed by atoms with E-state index in [0.29, 0.717) is 24.0 Å². The molecule has 0 aliphatic carbocycles. The third-order valence-corrected chi connectivity index (χ3v) is 9.50. The van der Waals surface area contributed by atoms with Crippen LogP contribution >= 0.6 is 0 Å². The fourth-order valence-electron chi connectivity index (χ4n) is 6.72. The molecule has 0 unspecified atom stereocenters. The van der Waals surface area contributed by atoms with Crippen molar-refractivity contribution in [2.75, 3.05) is 36.0 Å². The van der Waals surface area contributed by atoms with Gasteiger partial charge in [-0.2, -0.15) is 9.97 Å². The highest BCUT2D eigenvalue weighted by atomic mass is 16.5. The number of fused-ring (bicyclic) bond motifs is 2. The SMILES string of the molecule is N[C@H]1CCN(c2nccn3cccc23)C1.O=C(N[C@H]1CCN(c2nccn3cccc23)C1)c1noc(-c2ccccc2)n1.O=C(O)c1noc(-c2ccccc2)n1. The minimum atomic E-state index is -1.20. The molecule has 0 bridgehead atoms. The van der Waals surface area contributed by atoms with E-state index in [2.05, 4.69) is 55.8 Å². The van der Waals surface area contributed by atoms with E-state index in [1.165, 1.54) is 0 Å². The molecule has 2 fully saturated rings. The Morgan fingerprint density at radius 3 is 1.72 bits per heavy atom. The number of amides is 1. The molecule has 10 rings (SSSR count). The number of carboxylic acid groups (broad SMARTS) is 1. The van der Waals surface area contributed by atoms with Gasteiger partial charge in [-0.25, -0.2) is 14.8 Å². The molecule has 2 aromatic carbocycles. The maximum absolute atomic E-state index is 12.5. The van der Waals surface area contributed by atoms with Crippen molar-refractivity contribution in [3.05, 3.63) is 134 Å². The van der Waals surface area contributed by atoms with Gasteiger partial charge in [0.25, 0.3) is 29.3 Å². The van der Waals surface area contributed by atoms with Crippen molar-refractivity contribution in [2.24, 2.45) is 5.73 Å². The van der Waals surface area contributed by atoms with E-state index in [9.17, 15) is 9.59 Å². The fourth-order valence-corrected chi connectivity index (χ4v) is 6.72. The zero-order valence-electron chi connectivity index (χ0n) is 30.6. The molecule has 8 aromatic rings. The minimum Gasteiger partial charge on any atom is -0.475 e. The number of nitrogens with zero attached hydrogens (tertiary/aromatic N) is 10. The Morgan fingerprint density at radius 2 is 1.19 bits per heavy atom. The van der Waals surface area contributed by atoms with Crippen molar-refractivity contribution in [1.82, 2.24) is 44.4 Å². The Labute approximate surface area is 325 Å². The van der Waals surface area contributed by atoms with Gasteiger partial charge in [0.05, 0.1) is 11.0 Å². The second-order valence-electron chi connectivity index (χ2n) is 13.4. The van der Waals surface area contributed by atoms with Gasteiger partial charge in [0, 0.05) is 86.6 Å². The van der Waals surface area contributed by atoms with Crippen LogP contribution in [0.1, 0.15) is 34.1 Å². The molecular formula is C40H38N12O5. The maximum atomic E-state index is 12.5. The molecular weight excluding hydrogens is 729 g/mol. The monoisotopic (exact) mass is 766 g/mol. The van der Waals surface area contributed by atoms with Gasteiger partial charge in [-0.3, -0.25) is 4.79 Å². The first-order valence-electron chi connectivity index (χ1n) is 18.3. The summed E-state index contributed by atoms with van der Waals surface area (Å²) >= 11 is 0. The standard InChI is InChI=1S/C20H18N6O2.C11H14N4.C9H6N2O3/c27-19(17-23-20(28-24-17)14-5-2-1-3-6-14)22-15-8-11-26(13-15)18-16-7-4-10-25(16)12-9-21-18;12-9-3-6-15(8-9)11-10-2-1-5-14(10)7-4-13-11;12-9(13)7-10-8(14-11-7)6-4-2-1-3-5-6/h1-7,9-10,12,15H,8,11,13H2,(H,22,27);1-2,4-5,7,9H,3,6,8,12H2;1-5H,(H,12,13)/t15-;9-;/m00./s1. The van der Waals surface area contributed by atoms with Crippen LogP contribution in [-0.4, -0.2) is 94.3 Å². The first kappa shape index (κ1) is 36.6. The van der Waals surface area contributed by atoms with Crippen molar-refractivity contribution in [1.29, 1.82) is 0 Å². The highest BCUT2D eigenvalue weighted by molar-refractivity contribution is 5.91. The summed E-state index contributed by atoms with van der Waals surface area (Å²) in [4.78, 5) is 44.3. The van der Waals surface area contributed by atoms with E-state index >= 15 is 0 Å². The van der Waals surface area contributed by atoms with Gasteiger partial charge in [0.1, 0.15) is 0 Å². The average molecular weight is 767 g/mol. The molecule has 2 saturated heterocycles. The summed E-state index contributed by atoms with van der Waals surface area (Å²) in [6.45, 7) is 3.44. The van der Waals surface area contributed by atoms with Gasteiger partial charge in [0.2, 0.25) is 0 Å². The van der Waals surface area contributed by atoms with E-state index in [4.69, 9.17) is 19.9 Å². The first-order chi connectivity index (χ1) is 27.9. The molecule has 288 valence electrons. The molecule has 17 heteroatoms. The number of aromatic carboxylic acids is 1. The molecule has 4 N–H and O–H groups in total. The van der Waals surface area contributed by atoms with Crippen molar-refractivity contribution in [3.8, 4) is 22.9 Å². The number of rotatable bonds is 7. The average Bonchev–Trinajstić information content (AvgIpc) is 4.10. The molecule has 0 spiro atoms. The second-order valence-corrected chi connectivity index (χ2v) is 13.4. The van der Waals surface area contributed by atoms with E-state index < -0.39 is 5.97 Å². The Morgan fingerprint density at radius 1 is 0.667 bits per heavy atom. The van der Waals surface area contributed by atoms with Gasteiger partial charge in [-0.1, -0.05) is 41.6 Å². The molecule has 2 aliphatic rings. The van der Waals surface area contributed by atoms with E-state index in [1.807, 2.05) is 90.0 Å². The Bertz CT molecular complexity index is 2590. The number of aromatic nitrogens is 8. The quantitative estimate of drug-likeness (QED) is 0.201. The van der Waals surface area contributed by atoms with Gasteiger partial charge >= 0.3 is 5.97 Å². The largest absolute Gasteiger partial charge is 0.475 e. The normalized spacial score (nSPS) is 16.2. The summed E-state index contributed by atoms with van der Waals surface area (Å²) in [6.07, 6.45) is 13.4. The van der Waals surface area contributed by atoms with Gasteiger partial charge in [-0.05, 0) is 66.5 Å². The maximum Gasteiger partial charge on any atom is 0.377 e. The van der Waals surface area contributed by atoms with Crippen LogP contribution in [0.2, 0.25) is 0 Å². The van der Waals surface area contributed by atoms with Gasteiger partial charge in [0.15, 0.2) is 11.6 Å². The molecule has 0 saturated carbocycles. The van der Waals surface area contributed by atoms with Gasteiger partial charge in [-0.15, -0.1) is 0 Å². The predicted octanol–water partition coefficient (Wildman–Crippen LogP) is 4.70. The van der Waals surface area contributed by atoms with Crippen LogP contribution < -0.4 is 20.9 Å². The number of hydrogen-bond donors (Lipinski definition) is 3. The second kappa shape index (κ2) is 16.5. The molecule has 2 aliphatic heterocycles. The van der Waals surface area contributed by atoms with Crippen LogP contribution in [0.25, 0.3) is 33.9 Å². The Hall–Kier alpha value is -7.40. The summed E-state index contributed by atoms with van der Waals surface area (Å²) in [5.41, 5.74) is 9.61. The van der Waals surface area contributed by atoms with E-state index in [1.54, 1.807) is 30.5 Å². The third kappa shape index (κ3) is 8.32. The Balaban J connectivity index is 0.000000132. The topological polar surface area (TPSA) is 211 Å². The van der Waals surface area contributed by atoms with Crippen molar-refractivity contribution >= 4 is 34.5 Å². The molecule has 2 atom stereocenters. The lowest BCUT2D eigenvalue weighted by Crippen LogP contribution is -2.37. The number of benzene rings is 2. The lowest BCUT2D eigenvalue weighted by molar-refractivity contribution is 0.0679. The Kier molecular flexibility index (Phi) is 10.6. The van der Waals surface area contributed by atoms with Crippen molar-refractivity contribution in [2.45, 2.75) is 24.9 Å². The highest BCUT2D eigenvalue weighted by Crippen LogP contribution is 2.25. The molecule has 57 heavy (non-hydrogen) atoms. The summed E-state index contributed by atoms with van der Waals surface area (Å²) < 4.78 is 14.1. The predicted molar refractivity (Wildman–Crippen MR) is 210 cm³/mol. The van der Waals surface area contributed by atoms with Crippen molar-refractivity contribution < 1.29 is 23.7 Å². The summed E-state index contributed by atoms with van der Waals surface area (Å²) in [7, 11) is 0. The van der Waals surface area contributed by atoms with Crippen LogP contribution in [0.4, 0.5) is 11.6 Å². The molecule has 1 amide bonds. The summed E-state index contributed by atoms with van der Waals surface area (Å²) in [6, 6.07) is 26.8. The molecule has 0 radical (unpaired) electrons. The third-order valence-electron chi connectivity index (χ3n) is 9.50. The minimum absolute atomic E-state index is 0.00296. The number of nitrogens with two attached hydrogens (primary N) is 1. The lowest BCUT2D eigenvalue weighted by atomic mass is 10.2. The first-order valence-corrected chi connectivity index (χ1v) is 18.3. The number of anilines is 2. The molecule has 8 heterocycles. The number of carboxylic acids is 1. The van der Waals surface area contributed by atoms with Crippen LogP contribution in [0.3, 0.4) is 0 Å². The summed E-state index contributed by atoms with van der Waals surface area (Å²) in [5, 5.41) is 18.7. The number of carbonyl (C=O) groups excluding carboxylic acids is 1. The van der Waals surface area contributed by atoms with Gasteiger partial charge < -0.3 is 43.8 Å². The fraction of sp³-hybridized carbons (Fsp3) is 0.200. The highest BCUT2D eigenvalue weighted by Gasteiger charge is 2.28. The zero-order valence-corrected chi connectivity index (χ0v) is 30.6. The molecule has 6 aromatic heterocycles. The lowest BCUT2D eigenvalue weighted by Gasteiger charge is -2.18. The summed E-state index contributed by atoms with van der Waals surface area (Å²) in [5.74, 6) is 0.715. The number of carbonyl (C=O) groups is 2. The van der Waals surface area contributed by atoms with Crippen LogP contribution in [-0.2, 0) is 0 Å². The van der Waals surface area contributed by atoms with Crippen LogP contribution in [0, 0.1) is 0 Å². The van der Waals surface area contributed by atoms with Crippen LogP contribution in [0.5, 0.6) is 0 Å². The van der Waals surface area contributed by atoms with E-state index in [-0.39, 0.29) is 29.5 Å². The molecule has 17 nitrogen and oxygen atoms in total. The number of nitrogens with one attached hydrogen (secondary N) is 1. The number of hydrogen-bond acceptors (Lipinski definition) is 13. The zero-order chi connectivity index (χ0) is 39.1. The van der Waals surface area contributed by atoms with Crippen molar-refractivity contribution in [3.63, 3.8) is 0 Å².